The first-order chi connectivity index (χ1) is 10.1. The molecule has 0 fully saturated rings. The molecule has 0 atom stereocenters. The van der Waals surface area contributed by atoms with Crippen molar-refractivity contribution in [2.24, 2.45) is 0 Å². The predicted molar refractivity (Wildman–Crippen MR) is 85.1 cm³/mol. The summed E-state index contributed by atoms with van der Waals surface area (Å²) in [5, 5.41) is 8.99. The number of carbonyl (C=O) groups is 1. The number of hydrogen-bond acceptors (Lipinski definition) is 3. The number of benzene rings is 1. The van der Waals surface area contributed by atoms with Gasteiger partial charge in [-0.2, -0.15) is 0 Å². The molecule has 0 amide bonds. The van der Waals surface area contributed by atoms with Crippen LogP contribution in [0.15, 0.2) is 47.2 Å². The van der Waals surface area contributed by atoms with Crippen molar-refractivity contribution in [1.29, 1.82) is 0 Å². The Balaban J connectivity index is 2.10. The quantitative estimate of drug-likeness (QED) is 0.866. The van der Waals surface area contributed by atoms with Crippen LogP contribution >= 0.6 is 15.9 Å². The van der Waals surface area contributed by atoms with E-state index in [0.29, 0.717) is 5.56 Å². The average molecular weight is 349 g/mol. The fraction of sp³-hybridized carbons (Fsp3) is 0.250. The summed E-state index contributed by atoms with van der Waals surface area (Å²) in [4.78, 5) is 17.3. The summed E-state index contributed by atoms with van der Waals surface area (Å²) < 4.78 is 0.829. The third-order valence-electron chi connectivity index (χ3n) is 3.30. The zero-order valence-corrected chi connectivity index (χ0v) is 13.4. The van der Waals surface area contributed by atoms with Crippen LogP contribution in [0.5, 0.6) is 0 Å². The molecule has 1 heterocycles. The zero-order valence-electron chi connectivity index (χ0n) is 11.8. The van der Waals surface area contributed by atoms with Crippen molar-refractivity contribution in [3.8, 4) is 0 Å². The molecule has 2 rings (SSSR count). The number of pyridine rings is 1. The van der Waals surface area contributed by atoms with Gasteiger partial charge in [0, 0.05) is 30.0 Å². The molecule has 0 radical (unpaired) electrons. The molecule has 0 saturated carbocycles. The average Bonchev–Trinajstić information content (AvgIpc) is 2.49. The number of hydrogen-bond donors (Lipinski definition) is 1. The highest BCUT2D eigenvalue weighted by atomic mass is 79.9. The summed E-state index contributed by atoms with van der Waals surface area (Å²) in [6.07, 6.45) is 3.58. The monoisotopic (exact) mass is 348 g/mol. The summed E-state index contributed by atoms with van der Waals surface area (Å²) in [7, 11) is 0. The molecule has 0 saturated heterocycles. The molecular formula is C16H17BrN2O2. The smallest absolute Gasteiger partial charge is 0.335 e. The Labute approximate surface area is 132 Å². The number of carboxylic acid groups (broad SMARTS) is 1. The minimum atomic E-state index is -0.911. The summed E-state index contributed by atoms with van der Waals surface area (Å²) in [5.41, 5.74) is 2.59. The van der Waals surface area contributed by atoms with Crippen LogP contribution in [0.3, 0.4) is 0 Å². The van der Waals surface area contributed by atoms with Crippen LogP contribution in [0.2, 0.25) is 0 Å². The summed E-state index contributed by atoms with van der Waals surface area (Å²) in [6, 6.07) is 9.17. The number of aromatic carboxylic acids is 1. The molecule has 2 aromatic rings. The van der Waals surface area contributed by atoms with Crippen molar-refractivity contribution in [2.45, 2.75) is 20.0 Å². The Kier molecular flexibility index (Phi) is 5.47. The van der Waals surface area contributed by atoms with E-state index in [1.54, 1.807) is 24.5 Å². The van der Waals surface area contributed by atoms with E-state index in [2.05, 4.69) is 32.7 Å². The van der Waals surface area contributed by atoms with Gasteiger partial charge in [-0.1, -0.05) is 28.9 Å². The Morgan fingerprint density at radius 2 is 1.95 bits per heavy atom. The SMILES string of the molecule is CCN(Cc1ccncc1)Cc1ccc(C(=O)O)cc1Br. The minimum absolute atomic E-state index is 0.294. The highest BCUT2D eigenvalue weighted by molar-refractivity contribution is 9.10. The zero-order chi connectivity index (χ0) is 15.2. The lowest BCUT2D eigenvalue weighted by Gasteiger charge is -2.21. The van der Waals surface area contributed by atoms with E-state index in [-0.39, 0.29) is 0 Å². The van der Waals surface area contributed by atoms with Crippen LogP contribution in [-0.4, -0.2) is 27.5 Å². The number of aromatic nitrogens is 1. The predicted octanol–water partition coefficient (Wildman–Crippen LogP) is 3.56. The van der Waals surface area contributed by atoms with Crippen molar-refractivity contribution in [2.75, 3.05) is 6.54 Å². The maximum absolute atomic E-state index is 10.9. The van der Waals surface area contributed by atoms with Gasteiger partial charge in [0.15, 0.2) is 0 Å². The van der Waals surface area contributed by atoms with Crippen LogP contribution in [-0.2, 0) is 13.1 Å². The van der Waals surface area contributed by atoms with Gasteiger partial charge in [0.05, 0.1) is 5.56 Å². The second kappa shape index (κ2) is 7.33. The summed E-state index contributed by atoms with van der Waals surface area (Å²) in [5.74, 6) is -0.911. The maximum atomic E-state index is 10.9. The standard InChI is InChI=1S/C16H17BrN2O2/c1-2-19(10-12-5-7-18-8-6-12)11-14-4-3-13(16(20)21)9-15(14)17/h3-9H,2,10-11H2,1H3,(H,20,21). The molecule has 0 bridgehead atoms. The van der Waals surface area contributed by atoms with E-state index in [1.807, 2.05) is 18.2 Å². The molecule has 0 aliphatic carbocycles. The number of rotatable bonds is 6. The topological polar surface area (TPSA) is 53.4 Å². The van der Waals surface area contributed by atoms with Gasteiger partial charge < -0.3 is 5.11 Å². The van der Waals surface area contributed by atoms with Gasteiger partial charge in [-0.3, -0.25) is 9.88 Å². The van der Waals surface area contributed by atoms with Crippen LogP contribution in [0, 0.1) is 0 Å². The van der Waals surface area contributed by atoms with Gasteiger partial charge in [0.25, 0.3) is 0 Å². The molecule has 0 aliphatic rings. The van der Waals surface area contributed by atoms with Crippen molar-refractivity contribution >= 4 is 21.9 Å². The van der Waals surface area contributed by atoms with Crippen LogP contribution in [0.25, 0.3) is 0 Å². The molecule has 1 aromatic carbocycles. The van der Waals surface area contributed by atoms with E-state index in [9.17, 15) is 4.79 Å². The Morgan fingerprint density at radius 1 is 1.24 bits per heavy atom. The summed E-state index contributed by atoms with van der Waals surface area (Å²) in [6.45, 7) is 4.63. The van der Waals surface area contributed by atoms with Crippen LogP contribution in [0.4, 0.5) is 0 Å². The van der Waals surface area contributed by atoms with Gasteiger partial charge in [-0.05, 0) is 41.9 Å². The fourth-order valence-electron chi connectivity index (χ4n) is 2.08. The summed E-state index contributed by atoms with van der Waals surface area (Å²) >= 11 is 3.46. The molecule has 0 spiro atoms. The molecule has 4 nitrogen and oxygen atoms in total. The van der Waals surface area contributed by atoms with E-state index < -0.39 is 5.97 Å². The molecular weight excluding hydrogens is 332 g/mol. The molecule has 5 heteroatoms. The first kappa shape index (κ1) is 15.7. The lowest BCUT2D eigenvalue weighted by atomic mass is 10.1. The third-order valence-corrected chi connectivity index (χ3v) is 4.03. The largest absolute Gasteiger partial charge is 0.478 e. The van der Waals surface area contributed by atoms with Crippen LogP contribution < -0.4 is 0 Å². The van der Waals surface area contributed by atoms with Gasteiger partial charge in [0.2, 0.25) is 0 Å². The van der Waals surface area contributed by atoms with Gasteiger partial charge in [-0.25, -0.2) is 4.79 Å². The Morgan fingerprint density at radius 3 is 2.52 bits per heavy atom. The third kappa shape index (κ3) is 4.37. The van der Waals surface area contributed by atoms with Crippen molar-refractivity contribution < 1.29 is 9.90 Å². The van der Waals surface area contributed by atoms with Crippen molar-refractivity contribution in [3.63, 3.8) is 0 Å². The number of halogens is 1. The first-order valence-electron chi connectivity index (χ1n) is 6.73. The van der Waals surface area contributed by atoms with Crippen molar-refractivity contribution in [3.05, 3.63) is 63.9 Å². The maximum Gasteiger partial charge on any atom is 0.335 e. The van der Waals surface area contributed by atoms with Gasteiger partial charge in [-0.15, -0.1) is 0 Å². The van der Waals surface area contributed by atoms with Crippen molar-refractivity contribution in [1.82, 2.24) is 9.88 Å². The fourth-order valence-corrected chi connectivity index (χ4v) is 2.58. The van der Waals surface area contributed by atoms with E-state index in [1.165, 1.54) is 5.56 Å². The normalized spacial score (nSPS) is 10.8. The van der Waals surface area contributed by atoms with Gasteiger partial charge in [0.1, 0.15) is 0 Å². The Hall–Kier alpha value is -1.72. The molecule has 21 heavy (non-hydrogen) atoms. The second-order valence-corrected chi connectivity index (χ2v) is 5.62. The number of nitrogens with zero attached hydrogens (tertiary/aromatic N) is 2. The van der Waals surface area contributed by atoms with Crippen LogP contribution in [0.1, 0.15) is 28.4 Å². The van der Waals surface area contributed by atoms with Gasteiger partial charge >= 0.3 is 5.97 Å². The lowest BCUT2D eigenvalue weighted by molar-refractivity contribution is 0.0697. The highest BCUT2D eigenvalue weighted by Gasteiger charge is 2.10. The minimum Gasteiger partial charge on any atom is -0.478 e. The lowest BCUT2D eigenvalue weighted by Crippen LogP contribution is -2.22. The second-order valence-electron chi connectivity index (χ2n) is 4.77. The van der Waals surface area contributed by atoms with E-state index in [4.69, 9.17) is 5.11 Å². The molecule has 0 unspecified atom stereocenters. The molecule has 1 N–H and O–H groups in total. The Bertz CT molecular complexity index is 617. The molecule has 0 aliphatic heterocycles. The molecule has 1 aromatic heterocycles. The molecule has 110 valence electrons. The first-order valence-corrected chi connectivity index (χ1v) is 7.52. The van der Waals surface area contributed by atoms with E-state index >= 15 is 0 Å². The number of carboxylic acids is 1. The highest BCUT2D eigenvalue weighted by Crippen LogP contribution is 2.21. The van der Waals surface area contributed by atoms with E-state index in [0.717, 1.165) is 29.7 Å².